The molecule has 2 rings (SSSR count). The standard InChI is InChI=1S/C15H23N3O3/c1-15(6-8-17(2)11-15)13-5-4-12(16-7-3-9-19)10-14(13)18(20)21/h4-5,10,16,19H,3,6-9,11H2,1-2H3. The summed E-state index contributed by atoms with van der Waals surface area (Å²) in [6.07, 6.45) is 1.56. The van der Waals surface area contributed by atoms with Crippen LogP contribution in [0.1, 0.15) is 25.3 Å². The second-order valence-electron chi connectivity index (χ2n) is 6.04. The largest absolute Gasteiger partial charge is 0.396 e. The van der Waals surface area contributed by atoms with Crippen LogP contribution in [0, 0.1) is 10.1 Å². The third-order valence-corrected chi connectivity index (χ3v) is 4.17. The fourth-order valence-corrected chi connectivity index (χ4v) is 3.03. The second-order valence-corrected chi connectivity index (χ2v) is 6.04. The van der Waals surface area contributed by atoms with Gasteiger partial charge in [-0.05, 0) is 38.6 Å². The Morgan fingerprint density at radius 1 is 1.52 bits per heavy atom. The van der Waals surface area contributed by atoms with Crippen molar-refractivity contribution in [2.24, 2.45) is 0 Å². The number of likely N-dealkylation sites (tertiary alicyclic amines) is 1. The average Bonchev–Trinajstić information content (AvgIpc) is 2.79. The summed E-state index contributed by atoms with van der Waals surface area (Å²) in [5.74, 6) is 0. The Morgan fingerprint density at radius 2 is 2.29 bits per heavy atom. The zero-order chi connectivity index (χ0) is 15.5. The molecule has 116 valence electrons. The number of anilines is 1. The number of hydrogen-bond donors (Lipinski definition) is 2. The van der Waals surface area contributed by atoms with Crippen molar-refractivity contribution in [2.45, 2.75) is 25.2 Å². The van der Waals surface area contributed by atoms with E-state index in [4.69, 9.17) is 5.11 Å². The molecule has 0 radical (unpaired) electrons. The van der Waals surface area contributed by atoms with E-state index < -0.39 is 0 Å². The highest BCUT2D eigenvalue weighted by Crippen LogP contribution is 2.39. The van der Waals surface area contributed by atoms with E-state index in [0.29, 0.717) is 13.0 Å². The number of nitro benzene ring substituents is 1. The Morgan fingerprint density at radius 3 is 2.86 bits per heavy atom. The van der Waals surface area contributed by atoms with E-state index in [9.17, 15) is 10.1 Å². The van der Waals surface area contributed by atoms with Gasteiger partial charge < -0.3 is 15.3 Å². The molecule has 1 saturated heterocycles. The second kappa shape index (κ2) is 6.41. The third-order valence-electron chi connectivity index (χ3n) is 4.17. The molecule has 1 atom stereocenters. The molecule has 21 heavy (non-hydrogen) atoms. The predicted molar refractivity (Wildman–Crippen MR) is 82.8 cm³/mol. The molecule has 0 spiro atoms. The fraction of sp³-hybridized carbons (Fsp3) is 0.600. The first-order valence-electron chi connectivity index (χ1n) is 7.28. The lowest BCUT2D eigenvalue weighted by Crippen LogP contribution is -2.27. The molecule has 1 fully saturated rings. The zero-order valence-electron chi connectivity index (χ0n) is 12.6. The molecular formula is C15H23N3O3. The van der Waals surface area contributed by atoms with Crippen LogP contribution in [0.25, 0.3) is 0 Å². The van der Waals surface area contributed by atoms with Gasteiger partial charge >= 0.3 is 0 Å². The molecule has 1 aromatic carbocycles. The summed E-state index contributed by atoms with van der Waals surface area (Å²) in [6, 6.07) is 5.37. The number of aliphatic hydroxyl groups excluding tert-OH is 1. The molecule has 0 aromatic heterocycles. The Hall–Kier alpha value is -1.66. The van der Waals surface area contributed by atoms with Gasteiger partial charge in [0.1, 0.15) is 0 Å². The average molecular weight is 293 g/mol. The lowest BCUT2D eigenvalue weighted by Gasteiger charge is -2.24. The highest BCUT2D eigenvalue weighted by Gasteiger charge is 2.38. The molecule has 6 heteroatoms. The summed E-state index contributed by atoms with van der Waals surface area (Å²) in [5, 5.41) is 23.3. The van der Waals surface area contributed by atoms with Gasteiger partial charge in [0.15, 0.2) is 0 Å². The minimum atomic E-state index is -0.296. The molecule has 1 aliphatic heterocycles. The highest BCUT2D eigenvalue weighted by molar-refractivity contribution is 5.57. The first-order chi connectivity index (χ1) is 9.96. The van der Waals surface area contributed by atoms with E-state index in [-0.39, 0.29) is 22.6 Å². The van der Waals surface area contributed by atoms with Crippen molar-refractivity contribution in [1.29, 1.82) is 0 Å². The zero-order valence-corrected chi connectivity index (χ0v) is 12.6. The van der Waals surface area contributed by atoms with Crippen molar-refractivity contribution in [2.75, 3.05) is 38.6 Å². The van der Waals surface area contributed by atoms with Gasteiger partial charge in [-0.15, -0.1) is 0 Å². The van der Waals surface area contributed by atoms with E-state index in [1.807, 2.05) is 19.2 Å². The van der Waals surface area contributed by atoms with Crippen molar-refractivity contribution in [1.82, 2.24) is 4.90 Å². The summed E-state index contributed by atoms with van der Waals surface area (Å²) in [6.45, 7) is 4.61. The van der Waals surface area contributed by atoms with Crippen LogP contribution in [-0.4, -0.2) is 48.2 Å². The first-order valence-corrected chi connectivity index (χ1v) is 7.28. The van der Waals surface area contributed by atoms with Crippen LogP contribution in [-0.2, 0) is 5.41 Å². The molecule has 1 aromatic rings. The summed E-state index contributed by atoms with van der Waals surface area (Å²) in [7, 11) is 2.04. The van der Waals surface area contributed by atoms with E-state index in [2.05, 4.69) is 17.1 Å². The number of aliphatic hydroxyl groups is 1. The Labute approximate surface area is 124 Å². The summed E-state index contributed by atoms with van der Waals surface area (Å²) >= 11 is 0. The molecule has 1 unspecified atom stereocenters. The number of nitro groups is 1. The lowest BCUT2D eigenvalue weighted by atomic mass is 9.80. The molecule has 0 aliphatic carbocycles. The smallest absolute Gasteiger partial charge is 0.275 e. The first kappa shape index (κ1) is 15.7. The van der Waals surface area contributed by atoms with Crippen LogP contribution in [0.2, 0.25) is 0 Å². The lowest BCUT2D eigenvalue weighted by molar-refractivity contribution is -0.386. The molecule has 0 bridgehead atoms. The maximum atomic E-state index is 11.4. The molecule has 0 saturated carbocycles. The van der Waals surface area contributed by atoms with Gasteiger partial charge in [-0.1, -0.05) is 6.92 Å². The van der Waals surface area contributed by atoms with Crippen LogP contribution >= 0.6 is 0 Å². The Kier molecular flexibility index (Phi) is 4.80. The molecule has 1 aliphatic rings. The number of benzene rings is 1. The van der Waals surface area contributed by atoms with Crippen LogP contribution < -0.4 is 5.32 Å². The Balaban J connectivity index is 2.27. The van der Waals surface area contributed by atoms with Gasteiger partial charge in [0.05, 0.1) is 4.92 Å². The SMILES string of the molecule is CN1CCC(C)(c2ccc(NCCCO)cc2[N+](=O)[O-])C1. The molecule has 1 heterocycles. The van der Waals surface area contributed by atoms with E-state index in [1.54, 1.807) is 6.07 Å². The van der Waals surface area contributed by atoms with Crippen molar-refractivity contribution in [3.8, 4) is 0 Å². The van der Waals surface area contributed by atoms with Crippen LogP contribution in [0.15, 0.2) is 18.2 Å². The van der Waals surface area contributed by atoms with Gasteiger partial charge in [-0.2, -0.15) is 0 Å². The van der Waals surface area contributed by atoms with Crippen LogP contribution in [0.5, 0.6) is 0 Å². The molecule has 2 N–H and O–H groups in total. The van der Waals surface area contributed by atoms with Crippen molar-refractivity contribution in [3.63, 3.8) is 0 Å². The van der Waals surface area contributed by atoms with Crippen LogP contribution in [0.3, 0.4) is 0 Å². The van der Waals surface area contributed by atoms with Crippen molar-refractivity contribution in [3.05, 3.63) is 33.9 Å². The van der Waals surface area contributed by atoms with E-state index in [0.717, 1.165) is 30.8 Å². The summed E-state index contributed by atoms with van der Waals surface area (Å²) in [4.78, 5) is 13.3. The number of nitrogens with zero attached hydrogens (tertiary/aromatic N) is 2. The number of likely N-dealkylation sites (N-methyl/N-ethyl adjacent to an activating group) is 1. The van der Waals surface area contributed by atoms with Gasteiger partial charge in [-0.3, -0.25) is 10.1 Å². The number of hydrogen-bond acceptors (Lipinski definition) is 5. The molecular weight excluding hydrogens is 270 g/mol. The maximum Gasteiger partial charge on any atom is 0.275 e. The minimum absolute atomic E-state index is 0.109. The summed E-state index contributed by atoms with van der Waals surface area (Å²) < 4.78 is 0. The molecule has 6 nitrogen and oxygen atoms in total. The van der Waals surface area contributed by atoms with Gasteiger partial charge in [0, 0.05) is 42.4 Å². The minimum Gasteiger partial charge on any atom is -0.396 e. The third kappa shape index (κ3) is 3.51. The topological polar surface area (TPSA) is 78.6 Å². The predicted octanol–water partition coefficient (Wildman–Crippen LogP) is 1.98. The fourth-order valence-electron chi connectivity index (χ4n) is 3.03. The number of rotatable bonds is 6. The van der Waals surface area contributed by atoms with Crippen LogP contribution in [0.4, 0.5) is 11.4 Å². The summed E-state index contributed by atoms with van der Waals surface area (Å²) in [5.41, 5.74) is 1.56. The highest BCUT2D eigenvalue weighted by atomic mass is 16.6. The van der Waals surface area contributed by atoms with Crippen molar-refractivity contribution < 1.29 is 10.0 Å². The Bertz CT molecular complexity index is 521. The van der Waals surface area contributed by atoms with E-state index in [1.165, 1.54) is 0 Å². The number of nitrogens with one attached hydrogen (secondary N) is 1. The normalized spacial score (nSPS) is 22.4. The monoisotopic (exact) mass is 293 g/mol. The van der Waals surface area contributed by atoms with E-state index >= 15 is 0 Å². The van der Waals surface area contributed by atoms with Gasteiger partial charge in [0.25, 0.3) is 5.69 Å². The molecule has 0 amide bonds. The van der Waals surface area contributed by atoms with Crippen molar-refractivity contribution >= 4 is 11.4 Å². The quantitative estimate of drug-likeness (QED) is 0.476. The van der Waals surface area contributed by atoms with Gasteiger partial charge in [-0.25, -0.2) is 0 Å². The van der Waals surface area contributed by atoms with Gasteiger partial charge in [0.2, 0.25) is 0 Å². The maximum absolute atomic E-state index is 11.4.